The Balaban J connectivity index is 1.42. The number of allylic oxidation sites excluding steroid dienone is 1. The van der Waals surface area contributed by atoms with Crippen LogP contribution in [0.15, 0.2) is 48.0 Å². The smallest absolute Gasteiger partial charge is 0.189 e. The first-order chi connectivity index (χ1) is 15.0. The van der Waals surface area contributed by atoms with Crippen molar-refractivity contribution >= 4 is 11.9 Å². The lowest BCUT2D eigenvalue weighted by Crippen LogP contribution is -2.10. The molecule has 0 spiro atoms. The SMILES string of the molecule is COc1cc2c(cc1OC)C(=O)/C(=C\c1ccc(OCCn3nc(C)cc3C)cc1)C2. The number of benzene rings is 2. The Labute approximate surface area is 182 Å². The molecule has 0 atom stereocenters. The van der Waals surface area contributed by atoms with Crippen molar-refractivity contribution in [3.05, 3.63) is 76.1 Å². The zero-order valence-electron chi connectivity index (χ0n) is 18.3. The Kier molecular flexibility index (Phi) is 5.80. The monoisotopic (exact) mass is 418 g/mol. The molecule has 6 heteroatoms. The highest BCUT2D eigenvalue weighted by Crippen LogP contribution is 2.37. The van der Waals surface area contributed by atoms with E-state index in [1.165, 1.54) is 0 Å². The number of Topliss-reactive ketones (excluding diaryl/α,β-unsaturated/α-hetero) is 1. The summed E-state index contributed by atoms with van der Waals surface area (Å²) < 4.78 is 18.5. The normalized spacial score (nSPS) is 14.1. The van der Waals surface area contributed by atoms with Gasteiger partial charge in [-0.1, -0.05) is 12.1 Å². The minimum absolute atomic E-state index is 0.0289. The molecule has 0 radical (unpaired) electrons. The maximum atomic E-state index is 12.8. The number of hydrogen-bond donors (Lipinski definition) is 0. The maximum Gasteiger partial charge on any atom is 0.189 e. The fourth-order valence-electron chi connectivity index (χ4n) is 3.87. The van der Waals surface area contributed by atoms with Crippen LogP contribution in [0.5, 0.6) is 17.2 Å². The van der Waals surface area contributed by atoms with Crippen LogP contribution in [0.25, 0.3) is 6.08 Å². The molecule has 0 amide bonds. The molecule has 0 aliphatic heterocycles. The average Bonchev–Trinajstić information content (AvgIpc) is 3.25. The Morgan fingerprint density at radius 3 is 2.39 bits per heavy atom. The number of aryl methyl sites for hydroxylation is 2. The second-order valence-electron chi connectivity index (χ2n) is 7.61. The van der Waals surface area contributed by atoms with E-state index in [0.29, 0.717) is 36.6 Å². The molecule has 4 rings (SSSR count). The number of carbonyl (C=O) groups excluding carboxylic acids is 1. The highest BCUT2D eigenvalue weighted by molar-refractivity contribution is 6.15. The van der Waals surface area contributed by atoms with Gasteiger partial charge in [0.05, 0.1) is 26.5 Å². The van der Waals surface area contributed by atoms with E-state index in [0.717, 1.165) is 33.8 Å². The lowest BCUT2D eigenvalue weighted by atomic mass is 10.1. The minimum atomic E-state index is 0.0289. The highest BCUT2D eigenvalue weighted by atomic mass is 16.5. The molecule has 0 saturated heterocycles. The van der Waals surface area contributed by atoms with Crippen molar-refractivity contribution in [2.75, 3.05) is 20.8 Å². The van der Waals surface area contributed by atoms with E-state index < -0.39 is 0 Å². The van der Waals surface area contributed by atoms with Gasteiger partial charge in [-0.15, -0.1) is 0 Å². The highest BCUT2D eigenvalue weighted by Gasteiger charge is 2.27. The van der Waals surface area contributed by atoms with Crippen LogP contribution < -0.4 is 14.2 Å². The van der Waals surface area contributed by atoms with Crippen LogP contribution in [0.3, 0.4) is 0 Å². The fraction of sp³-hybridized carbons (Fsp3) is 0.280. The van der Waals surface area contributed by atoms with Crippen molar-refractivity contribution < 1.29 is 19.0 Å². The number of nitrogens with zero attached hydrogens (tertiary/aromatic N) is 2. The van der Waals surface area contributed by atoms with Crippen molar-refractivity contribution in [2.24, 2.45) is 0 Å². The molecule has 31 heavy (non-hydrogen) atoms. The van der Waals surface area contributed by atoms with Gasteiger partial charge in [0.2, 0.25) is 0 Å². The predicted octanol–water partition coefficient (Wildman–Crippen LogP) is 4.42. The largest absolute Gasteiger partial charge is 0.493 e. The summed E-state index contributed by atoms with van der Waals surface area (Å²) in [5.74, 6) is 2.02. The van der Waals surface area contributed by atoms with Crippen LogP contribution in [0.2, 0.25) is 0 Å². The zero-order chi connectivity index (χ0) is 22.0. The Morgan fingerprint density at radius 2 is 1.74 bits per heavy atom. The van der Waals surface area contributed by atoms with Crippen molar-refractivity contribution in [1.82, 2.24) is 9.78 Å². The number of fused-ring (bicyclic) bond motifs is 1. The summed E-state index contributed by atoms with van der Waals surface area (Å²) >= 11 is 0. The van der Waals surface area contributed by atoms with Crippen molar-refractivity contribution in [2.45, 2.75) is 26.8 Å². The second kappa shape index (κ2) is 8.68. The summed E-state index contributed by atoms with van der Waals surface area (Å²) in [6, 6.07) is 13.5. The summed E-state index contributed by atoms with van der Waals surface area (Å²) in [6.07, 6.45) is 2.51. The minimum Gasteiger partial charge on any atom is -0.493 e. The molecule has 6 nitrogen and oxygen atoms in total. The van der Waals surface area contributed by atoms with E-state index in [1.807, 2.05) is 54.9 Å². The molecule has 1 aromatic heterocycles. The molecule has 0 fully saturated rings. The molecule has 1 heterocycles. The van der Waals surface area contributed by atoms with Gasteiger partial charge in [-0.2, -0.15) is 5.10 Å². The second-order valence-corrected chi connectivity index (χ2v) is 7.61. The molecular formula is C25H26N2O4. The number of ether oxygens (including phenoxy) is 3. The first-order valence-electron chi connectivity index (χ1n) is 10.2. The van der Waals surface area contributed by atoms with E-state index in [-0.39, 0.29) is 5.78 Å². The van der Waals surface area contributed by atoms with Crippen LogP contribution in [-0.4, -0.2) is 36.4 Å². The lowest BCUT2D eigenvalue weighted by Gasteiger charge is -2.08. The van der Waals surface area contributed by atoms with Gasteiger partial charge in [0.15, 0.2) is 17.3 Å². The molecule has 0 N–H and O–H groups in total. The van der Waals surface area contributed by atoms with Crippen LogP contribution in [0.1, 0.15) is 32.9 Å². The van der Waals surface area contributed by atoms with Gasteiger partial charge in [0, 0.05) is 23.3 Å². The third-order valence-electron chi connectivity index (χ3n) is 5.42. The summed E-state index contributed by atoms with van der Waals surface area (Å²) in [6.45, 7) is 5.26. The average molecular weight is 418 g/mol. The molecule has 0 saturated carbocycles. The van der Waals surface area contributed by atoms with Gasteiger partial charge >= 0.3 is 0 Å². The van der Waals surface area contributed by atoms with Crippen LogP contribution in [0, 0.1) is 13.8 Å². The zero-order valence-corrected chi connectivity index (χ0v) is 18.3. The van der Waals surface area contributed by atoms with Crippen molar-refractivity contribution in [3.63, 3.8) is 0 Å². The molecule has 2 aromatic carbocycles. The number of hydrogen-bond acceptors (Lipinski definition) is 5. The number of ketones is 1. The van der Waals surface area contributed by atoms with E-state index >= 15 is 0 Å². The third kappa shape index (κ3) is 4.33. The Hall–Kier alpha value is -3.54. The van der Waals surface area contributed by atoms with Gasteiger partial charge in [-0.25, -0.2) is 0 Å². The summed E-state index contributed by atoms with van der Waals surface area (Å²) in [5, 5.41) is 4.44. The lowest BCUT2D eigenvalue weighted by molar-refractivity contribution is 0.104. The first kappa shape index (κ1) is 20.7. The molecule has 0 unspecified atom stereocenters. The molecule has 0 bridgehead atoms. The van der Waals surface area contributed by atoms with E-state index in [1.54, 1.807) is 20.3 Å². The maximum absolute atomic E-state index is 12.8. The quantitative estimate of drug-likeness (QED) is 0.532. The summed E-state index contributed by atoms with van der Waals surface area (Å²) in [7, 11) is 3.17. The molecule has 1 aliphatic carbocycles. The number of rotatable bonds is 7. The Bertz CT molecular complexity index is 1140. The molecule has 1 aliphatic rings. The van der Waals surface area contributed by atoms with Crippen LogP contribution in [0.4, 0.5) is 0 Å². The molecule has 160 valence electrons. The van der Waals surface area contributed by atoms with Crippen LogP contribution >= 0.6 is 0 Å². The van der Waals surface area contributed by atoms with Gasteiger partial charge in [0.1, 0.15) is 12.4 Å². The summed E-state index contributed by atoms with van der Waals surface area (Å²) in [5.41, 5.74) is 5.48. The van der Waals surface area contributed by atoms with Gasteiger partial charge < -0.3 is 14.2 Å². The van der Waals surface area contributed by atoms with E-state index in [4.69, 9.17) is 14.2 Å². The Morgan fingerprint density at radius 1 is 1.03 bits per heavy atom. The van der Waals surface area contributed by atoms with Crippen LogP contribution in [-0.2, 0) is 13.0 Å². The fourth-order valence-corrected chi connectivity index (χ4v) is 3.87. The number of carbonyl (C=O) groups is 1. The number of aromatic nitrogens is 2. The standard InChI is InChI=1S/C25H26N2O4/c1-16-11-17(2)27(26-16)9-10-31-21-7-5-18(6-8-21)12-20-13-19-14-23(29-3)24(30-4)15-22(19)25(20)28/h5-8,11-12,14-15H,9-10,13H2,1-4H3/b20-12-. The van der Waals surface area contributed by atoms with Gasteiger partial charge in [0.25, 0.3) is 0 Å². The van der Waals surface area contributed by atoms with Crippen molar-refractivity contribution in [3.8, 4) is 17.2 Å². The van der Waals surface area contributed by atoms with Crippen molar-refractivity contribution in [1.29, 1.82) is 0 Å². The third-order valence-corrected chi connectivity index (χ3v) is 5.42. The van der Waals surface area contributed by atoms with Gasteiger partial charge in [-0.3, -0.25) is 9.48 Å². The van der Waals surface area contributed by atoms with E-state index in [9.17, 15) is 4.79 Å². The predicted molar refractivity (Wildman–Crippen MR) is 119 cm³/mol. The topological polar surface area (TPSA) is 62.6 Å². The molecule has 3 aromatic rings. The van der Waals surface area contributed by atoms with E-state index in [2.05, 4.69) is 11.2 Å². The van der Waals surface area contributed by atoms with Gasteiger partial charge in [-0.05, 0) is 61.4 Å². The summed E-state index contributed by atoms with van der Waals surface area (Å²) in [4.78, 5) is 12.8. The molecular weight excluding hydrogens is 392 g/mol. The number of methoxy groups -OCH3 is 2. The first-order valence-corrected chi connectivity index (χ1v) is 10.2.